The molecule has 3 fully saturated rings. The Morgan fingerprint density at radius 2 is 1.53 bits per heavy atom. The quantitative estimate of drug-likeness (QED) is 0.701. The minimum Gasteiger partial charge on any atom is -0.481 e. The van der Waals surface area contributed by atoms with Crippen LogP contribution in [-0.4, -0.2) is 24.2 Å². The molecule has 2 bridgehead atoms. The highest BCUT2D eigenvalue weighted by atomic mass is 16.5. The van der Waals surface area contributed by atoms with E-state index < -0.39 is 17.8 Å². The predicted molar refractivity (Wildman–Crippen MR) is 52.1 cm³/mol. The highest BCUT2D eigenvalue weighted by Gasteiger charge is 2.50. The number of carboxylic acid groups (broad SMARTS) is 1. The Bertz CT molecular complexity index is 278. The van der Waals surface area contributed by atoms with Gasteiger partial charge in [-0.05, 0) is 37.5 Å². The highest BCUT2D eigenvalue weighted by molar-refractivity contribution is 5.82. The fourth-order valence-corrected chi connectivity index (χ4v) is 3.28. The van der Waals surface area contributed by atoms with Crippen LogP contribution in [0.15, 0.2) is 0 Å². The van der Waals surface area contributed by atoms with Crippen LogP contribution in [0.3, 0.4) is 0 Å². The summed E-state index contributed by atoms with van der Waals surface area (Å²) in [6.45, 7) is 0. The molecule has 3 saturated carbocycles. The molecule has 3 aliphatic rings. The molecule has 1 N–H and O–H groups in total. The lowest BCUT2D eigenvalue weighted by Crippen LogP contribution is -2.47. The molecule has 0 radical (unpaired) electrons. The molecule has 0 heterocycles. The van der Waals surface area contributed by atoms with Crippen molar-refractivity contribution < 1.29 is 19.4 Å². The van der Waals surface area contributed by atoms with Crippen molar-refractivity contribution in [3.05, 3.63) is 0 Å². The standard InChI is InChI=1S/C11H16O4/c1-15-11(14)9-7-4-2-6(3-5-7)8(9)10(12)13/h6-9H,2-5H2,1H3,(H,12,13)/t6?,7?,8-,9+/m0/s1. The van der Waals surface area contributed by atoms with Crippen molar-refractivity contribution in [3.8, 4) is 0 Å². The third-order valence-electron chi connectivity index (χ3n) is 3.98. The van der Waals surface area contributed by atoms with E-state index in [4.69, 9.17) is 9.84 Å². The second kappa shape index (κ2) is 3.83. The van der Waals surface area contributed by atoms with Crippen LogP contribution in [0, 0.1) is 23.7 Å². The zero-order chi connectivity index (χ0) is 11.0. The van der Waals surface area contributed by atoms with Crippen molar-refractivity contribution in [1.29, 1.82) is 0 Å². The lowest BCUT2D eigenvalue weighted by Gasteiger charge is -2.45. The molecular formula is C11H16O4. The third kappa shape index (κ3) is 1.62. The summed E-state index contributed by atoms with van der Waals surface area (Å²) in [5, 5.41) is 9.17. The normalized spacial score (nSPS) is 38.7. The third-order valence-corrected chi connectivity index (χ3v) is 3.98. The second-order valence-electron chi connectivity index (χ2n) is 4.59. The van der Waals surface area contributed by atoms with Gasteiger partial charge in [0.2, 0.25) is 0 Å². The van der Waals surface area contributed by atoms with E-state index in [2.05, 4.69) is 0 Å². The number of methoxy groups -OCH3 is 1. The van der Waals surface area contributed by atoms with Crippen LogP contribution in [0.1, 0.15) is 25.7 Å². The van der Waals surface area contributed by atoms with Gasteiger partial charge in [0.05, 0.1) is 18.9 Å². The lowest BCUT2D eigenvalue weighted by molar-refractivity contribution is -0.167. The van der Waals surface area contributed by atoms with Crippen molar-refractivity contribution >= 4 is 11.9 Å². The Hall–Kier alpha value is -1.06. The summed E-state index contributed by atoms with van der Waals surface area (Å²) in [6, 6.07) is 0. The van der Waals surface area contributed by atoms with Gasteiger partial charge in [0.1, 0.15) is 0 Å². The smallest absolute Gasteiger partial charge is 0.309 e. The Balaban J connectivity index is 2.24. The van der Waals surface area contributed by atoms with Crippen LogP contribution in [0.5, 0.6) is 0 Å². The molecule has 84 valence electrons. The maximum absolute atomic E-state index is 11.6. The summed E-state index contributed by atoms with van der Waals surface area (Å²) in [6.07, 6.45) is 3.87. The van der Waals surface area contributed by atoms with Crippen molar-refractivity contribution in [2.45, 2.75) is 25.7 Å². The molecule has 3 rings (SSSR count). The molecule has 3 aliphatic carbocycles. The van der Waals surface area contributed by atoms with E-state index in [0.717, 1.165) is 25.7 Å². The maximum atomic E-state index is 11.6. The van der Waals surface area contributed by atoms with Crippen molar-refractivity contribution in [2.24, 2.45) is 23.7 Å². The van der Waals surface area contributed by atoms with Crippen LogP contribution < -0.4 is 0 Å². The van der Waals surface area contributed by atoms with E-state index in [1.54, 1.807) is 0 Å². The Labute approximate surface area is 88.6 Å². The molecule has 0 aliphatic heterocycles. The van der Waals surface area contributed by atoms with Gasteiger partial charge < -0.3 is 9.84 Å². The van der Waals surface area contributed by atoms with Crippen LogP contribution in [0.25, 0.3) is 0 Å². The van der Waals surface area contributed by atoms with E-state index in [1.165, 1.54) is 7.11 Å². The van der Waals surface area contributed by atoms with Crippen LogP contribution in [0.4, 0.5) is 0 Å². The average Bonchev–Trinajstić information content (AvgIpc) is 2.28. The first-order valence-electron chi connectivity index (χ1n) is 5.45. The highest BCUT2D eigenvalue weighted by Crippen LogP contribution is 2.49. The zero-order valence-electron chi connectivity index (χ0n) is 8.81. The predicted octanol–water partition coefficient (Wildman–Crippen LogP) is 1.30. The first-order chi connectivity index (χ1) is 7.15. The number of carboxylic acids is 1. The molecule has 0 spiro atoms. The first kappa shape index (κ1) is 10.5. The van der Waals surface area contributed by atoms with E-state index in [-0.39, 0.29) is 17.8 Å². The molecule has 0 aromatic rings. The van der Waals surface area contributed by atoms with Gasteiger partial charge in [-0.1, -0.05) is 0 Å². The summed E-state index contributed by atoms with van der Waals surface area (Å²) in [5.41, 5.74) is 0. The van der Waals surface area contributed by atoms with Gasteiger partial charge in [-0.3, -0.25) is 9.59 Å². The number of hydrogen-bond acceptors (Lipinski definition) is 3. The molecule has 4 nitrogen and oxygen atoms in total. The van der Waals surface area contributed by atoms with Crippen LogP contribution in [-0.2, 0) is 14.3 Å². The first-order valence-corrected chi connectivity index (χ1v) is 5.45. The molecular weight excluding hydrogens is 196 g/mol. The number of ether oxygens (including phenoxy) is 1. The molecule has 4 heteroatoms. The van der Waals surface area contributed by atoms with Crippen LogP contribution >= 0.6 is 0 Å². The number of rotatable bonds is 2. The summed E-state index contributed by atoms with van der Waals surface area (Å²) in [4.78, 5) is 22.8. The Morgan fingerprint density at radius 1 is 1.07 bits per heavy atom. The van der Waals surface area contributed by atoms with E-state index in [0.29, 0.717) is 0 Å². The van der Waals surface area contributed by atoms with Gasteiger partial charge in [0.15, 0.2) is 0 Å². The molecule has 0 aromatic carbocycles. The number of esters is 1. The summed E-state index contributed by atoms with van der Waals surface area (Å²) >= 11 is 0. The van der Waals surface area contributed by atoms with Gasteiger partial charge in [-0.25, -0.2) is 0 Å². The number of hydrogen-bond donors (Lipinski definition) is 1. The van der Waals surface area contributed by atoms with E-state index in [1.807, 2.05) is 0 Å². The molecule has 0 amide bonds. The molecule has 0 unspecified atom stereocenters. The van der Waals surface area contributed by atoms with Gasteiger partial charge in [0.25, 0.3) is 0 Å². The molecule has 2 atom stereocenters. The monoisotopic (exact) mass is 212 g/mol. The minimum atomic E-state index is -0.834. The van der Waals surface area contributed by atoms with Crippen molar-refractivity contribution in [1.82, 2.24) is 0 Å². The van der Waals surface area contributed by atoms with E-state index in [9.17, 15) is 9.59 Å². The molecule has 0 saturated heterocycles. The zero-order valence-corrected chi connectivity index (χ0v) is 8.81. The number of carbonyl (C=O) groups excluding carboxylic acids is 1. The van der Waals surface area contributed by atoms with Crippen LogP contribution in [0.2, 0.25) is 0 Å². The SMILES string of the molecule is COC(=O)[C@@H]1C2CCC(CC2)[C@@H]1C(=O)O. The van der Waals surface area contributed by atoms with Gasteiger partial charge in [0, 0.05) is 0 Å². The summed E-state index contributed by atoms with van der Waals surface area (Å²) in [7, 11) is 1.34. The average molecular weight is 212 g/mol. The topological polar surface area (TPSA) is 63.6 Å². The molecule has 0 aromatic heterocycles. The number of aliphatic carboxylic acids is 1. The summed E-state index contributed by atoms with van der Waals surface area (Å²) < 4.78 is 4.72. The molecule has 15 heavy (non-hydrogen) atoms. The minimum absolute atomic E-state index is 0.177. The Morgan fingerprint density at radius 3 is 1.93 bits per heavy atom. The summed E-state index contributed by atoms with van der Waals surface area (Å²) in [5.74, 6) is -1.68. The van der Waals surface area contributed by atoms with E-state index >= 15 is 0 Å². The van der Waals surface area contributed by atoms with Crippen molar-refractivity contribution in [3.63, 3.8) is 0 Å². The largest absolute Gasteiger partial charge is 0.481 e. The van der Waals surface area contributed by atoms with Gasteiger partial charge >= 0.3 is 11.9 Å². The number of fused-ring (bicyclic) bond motifs is 3. The fourth-order valence-electron chi connectivity index (χ4n) is 3.28. The lowest BCUT2D eigenvalue weighted by atomic mass is 9.58. The maximum Gasteiger partial charge on any atom is 0.309 e. The van der Waals surface area contributed by atoms with Gasteiger partial charge in [-0.15, -0.1) is 0 Å². The van der Waals surface area contributed by atoms with Crippen molar-refractivity contribution in [2.75, 3.05) is 7.11 Å². The van der Waals surface area contributed by atoms with Gasteiger partial charge in [-0.2, -0.15) is 0 Å². The number of carbonyl (C=O) groups is 2. The fraction of sp³-hybridized carbons (Fsp3) is 0.818. The second-order valence-corrected chi connectivity index (χ2v) is 4.59. The Kier molecular flexibility index (Phi) is 2.67.